The fourth-order valence-corrected chi connectivity index (χ4v) is 2.57. The van der Waals surface area contributed by atoms with E-state index in [9.17, 15) is 0 Å². The molecular weight excluding hydrogens is 250 g/mol. The molecule has 0 unspecified atom stereocenters. The molecule has 2 aromatic heterocycles. The molecule has 0 aromatic carbocycles. The van der Waals surface area contributed by atoms with Gasteiger partial charge in [-0.05, 0) is 30.4 Å². The third-order valence-electron chi connectivity index (χ3n) is 3.60. The van der Waals surface area contributed by atoms with Gasteiger partial charge in [-0.25, -0.2) is 4.98 Å². The van der Waals surface area contributed by atoms with E-state index in [1.54, 1.807) is 6.33 Å². The summed E-state index contributed by atoms with van der Waals surface area (Å²) in [7, 11) is 1.92. The number of fused-ring (bicyclic) bond motifs is 1. The highest BCUT2D eigenvalue weighted by Crippen LogP contribution is 2.27. The van der Waals surface area contributed by atoms with Crippen LogP contribution in [0.2, 0.25) is 5.28 Å². The molecule has 1 aliphatic heterocycles. The van der Waals surface area contributed by atoms with Gasteiger partial charge < -0.3 is 9.47 Å². The minimum absolute atomic E-state index is 0.291. The smallest absolute Gasteiger partial charge is 0.226 e. The first kappa shape index (κ1) is 11.7. The van der Waals surface area contributed by atoms with Gasteiger partial charge >= 0.3 is 0 Å². The minimum atomic E-state index is 0.291. The van der Waals surface area contributed by atoms with Gasteiger partial charge in [0.1, 0.15) is 0 Å². The molecule has 2 aromatic rings. The predicted octanol–water partition coefficient (Wildman–Crippen LogP) is 2.25. The summed E-state index contributed by atoms with van der Waals surface area (Å²) in [5, 5.41) is 0.291. The van der Waals surface area contributed by atoms with E-state index in [-0.39, 0.29) is 0 Å². The highest BCUT2D eigenvalue weighted by molar-refractivity contribution is 6.28. The van der Waals surface area contributed by atoms with E-state index < -0.39 is 0 Å². The number of halogens is 1. The standard InChI is InChI=1S/C12H16ClN5/c1-8-3-5-18(6-4-8)11-9-10(15-12(13)16-11)17(2)7-14-9/h7-8H,3-6H2,1-2H3. The zero-order chi connectivity index (χ0) is 12.7. The minimum Gasteiger partial charge on any atom is -0.355 e. The molecule has 0 N–H and O–H groups in total. The van der Waals surface area contributed by atoms with Crippen molar-refractivity contribution in [2.75, 3.05) is 18.0 Å². The SMILES string of the molecule is CC1CCN(c2nc(Cl)nc3c2ncn3C)CC1. The Morgan fingerprint density at radius 3 is 2.72 bits per heavy atom. The average Bonchev–Trinajstić information content (AvgIpc) is 2.71. The number of hydrogen-bond donors (Lipinski definition) is 0. The second-order valence-corrected chi connectivity index (χ2v) is 5.35. The lowest BCUT2D eigenvalue weighted by Crippen LogP contribution is -2.33. The Hall–Kier alpha value is -1.36. The number of hydrogen-bond acceptors (Lipinski definition) is 4. The number of anilines is 1. The molecule has 3 rings (SSSR count). The van der Waals surface area contributed by atoms with Gasteiger partial charge in [-0.1, -0.05) is 6.92 Å². The van der Waals surface area contributed by atoms with Crippen LogP contribution in [0.25, 0.3) is 11.2 Å². The summed E-state index contributed by atoms with van der Waals surface area (Å²) in [6.45, 7) is 4.32. The van der Waals surface area contributed by atoms with Gasteiger partial charge in [0.25, 0.3) is 0 Å². The maximum Gasteiger partial charge on any atom is 0.226 e. The number of nitrogens with zero attached hydrogens (tertiary/aromatic N) is 5. The molecule has 0 bridgehead atoms. The maximum atomic E-state index is 6.01. The molecule has 3 heterocycles. The summed E-state index contributed by atoms with van der Waals surface area (Å²) >= 11 is 6.01. The van der Waals surface area contributed by atoms with Crippen molar-refractivity contribution < 1.29 is 0 Å². The second-order valence-electron chi connectivity index (χ2n) is 5.01. The van der Waals surface area contributed by atoms with Gasteiger partial charge in [0, 0.05) is 20.1 Å². The Labute approximate surface area is 111 Å². The van der Waals surface area contributed by atoms with Crippen LogP contribution in [-0.4, -0.2) is 32.6 Å². The topological polar surface area (TPSA) is 46.8 Å². The third kappa shape index (κ3) is 1.92. The van der Waals surface area contributed by atoms with Crippen molar-refractivity contribution in [2.45, 2.75) is 19.8 Å². The molecule has 18 heavy (non-hydrogen) atoms. The van der Waals surface area contributed by atoms with E-state index >= 15 is 0 Å². The molecule has 0 atom stereocenters. The summed E-state index contributed by atoms with van der Waals surface area (Å²) in [5.74, 6) is 1.66. The normalized spacial score (nSPS) is 17.6. The average molecular weight is 266 g/mol. The zero-order valence-electron chi connectivity index (χ0n) is 10.6. The molecule has 1 saturated heterocycles. The first-order valence-electron chi connectivity index (χ1n) is 6.24. The Bertz CT molecular complexity index is 571. The summed E-state index contributed by atoms with van der Waals surface area (Å²) in [5.41, 5.74) is 1.64. The van der Waals surface area contributed by atoms with Crippen LogP contribution >= 0.6 is 11.6 Å². The van der Waals surface area contributed by atoms with E-state index in [0.29, 0.717) is 5.28 Å². The number of imidazole rings is 1. The van der Waals surface area contributed by atoms with Gasteiger partial charge in [0.2, 0.25) is 5.28 Å². The Morgan fingerprint density at radius 2 is 2.00 bits per heavy atom. The highest BCUT2D eigenvalue weighted by Gasteiger charge is 2.21. The Morgan fingerprint density at radius 1 is 1.28 bits per heavy atom. The number of rotatable bonds is 1. The van der Waals surface area contributed by atoms with Crippen LogP contribution in [0.15, 0.2) is 6.33 Å². The van der Waals surface area contributed by atoms with Crippen molar-refractivity contribution in [1.29, 1.82) is 0 Å². The van der Waals surface area contributed by atoms with Crippen LogP contribution in [0.5, 0.6) is 0 Å². The van der Waals surface area contributed by atoms with Gasteiger partial charge in [-0.2, -0.15) is 9.97 Å². The van der Waals surface area contributed by atoms with Crippen molar-refractivity contribution in [3.05, 3.63) is 11.6 Å². The van der Waals surface area contributed by atoms with Crippen molar-refractivity contribution in [1.82, 2.24) is 19.5 Å². The molecule has 1 aliphatic rings. The van der Waals surface area contributed by atoms with Crippen molar-refractivity contribution in [3.63, 3.8) is 0 Å². The lowest BCUT2D eigenvalue weighted by molar-refractivity contribution is 0.437. The van der Waals surface area contributed by atoms with E-state index in [2.05, 4.69) is 26.8 Å². The van der Waals surface area contributed by atoms with Crippen molar-refractivity contribution in [2.24, 2.45) is 13.0 Å². The summed E-state index contributed by atoms with van der Waals surface area (Å²) < 4.78 is 1.87. The zero-order valence-corrected chi connectivity index (χ0v) is 11.4. The second kappa shape index (κ2) is 4.39. The van der Waals surface area contributed by atoms with Crippen molar-refractivity contribution >= 4 is 28.6 Å². The maximum absolute atomic E-state index is 6.01. The lowest BCUT2D eigenvalue weighted by atomic mass is 9.99. The Balaban J connectivity index is 2.05. The van der Waals surface area contributed by atoms with Crippen LogP contribution in [0.1, 0.15) is 19.8 Å². The lowest BCUT2D eigenvalue weighted by Gasteiger charge is -2.31. The Kier molecular flexibility index (Phi) is 2.86. The predicted molar refractivity (Wildman–Crippen MR) is 71.9 cm³/mol. The van der Waals surface area contributed by atoms with Crippen molar-refractivity contribution in [3.8, 4) is 0 Å². The molecule has 0 saturated carbocycles. The van der Waals surface area contributed by atoms with Crippen LogP contribution in [0.4, 0.5) is 5.82 Å². The number of piperidine rings is 1. The van der Waals surface area contributed by atoms with E-state index in [0.717, 1.165) is 36.0 Å². The highest BCUT2D eigenvalue weighted by atomic mass is 35.5. The summed E-state index contributed by atoms with van der Waals surface area (Å²) in [4.78, 5) is 15.3. The van der Waals surface area contributed by atoms with Gasteiger partial charge in [0.15, 0.2) is 17.0 Å². The number of aryl methyl sites for hydroxylation is 1. The van der Waals surface area contributed by atoms with Gasteiger partial charge in [-0.15, -0.1) is 0 Å². The monoisotopic (exact) mass is 265 g/mol. The molecule has 0 spiro atoms. The molecular formula is C12H16ClN5. The fraction of sp³-hybridized carbons (Fsp3) is 0.583. The molecule has 0 aliphatic carbocycles. The number of aromatic nitrogens is 4. The largest absolute Gasteiger partial charge is 0.355 e. The van der Waals surface area contributed by atoms with Gasteiger partial charge in [0.05, 0.1) is 6.33 Å². The quantitative estimate of drug-likeness (QED) is 0.742. The first-order chi connectivity index (χ1) is 8.65. The van der Waals surface area contributed by atoms with Crippen LogP contribution < -0.4 is 4.90 Å². The van der Waals surface area contributed by atoms with Crippen LogP contribution in [0.3, 0.4) is 0 Å². The van der Waals surface area contributed by atoms with E-state index in [1.807, 2.05) is 11.6 Å². The third-order valence-corrected chi connectivity index (χ3v) is 3.77. The summed E-state index contributed by atoms with van der Waals surface area (Å²) in [6, 6.07) is 0. The van der Waals surface area contributed by atoms with Crippen LogP contribution in [0, 0.1) is 5.92 Å². The first-order valence-corrected chi connectivity index (χ1v) is 6.62. The molecule has 1 fully saturated rings. The molecule has 0 radical (unpaired) electrons. The van der Waals surface area contributed by atoms with E-state index in [1.165, 1.54) is 12.8 Å². The van der Waals surface area contributed by atoms with E-state index in [4.69, 9.17) is 11.6 Å². The molecule has 6 heteroatoms. The fourth-order valence-electron chi connectivity index (χ4n) is 2.41. The van der Waals surface area contributed by atoms with Gasteiger partial charge in [-0.3, -0.25) is 0 Å². The molecule has 96 valence electrons. The molecule has 5 nitrogen and oxygen atoms in total. The van der Waals surface area contributed by atoms with Crippen LogP contribution in [-0.2, 0) is 7.05 Å². The molecule has 0 amide bonds. The summed E-state index contributed by atoms with van der Waals surface area (Å²) in [6.07, 6.45) is 4.14.